The van der Waals surface area contributed by atoms with Crippen molar-refractivity contribution in [1.82, 2.24) is 35.1 Å². The van der Waals surface area contributed by atoms with Gasteiger partial charge in [0, 0.05) is 46.7 Å². The minimum Gasteiger partial charge on any atom is -0.338 e. The largest absolute Gasteiger partial charge is 0.338 e. The fraction of sp³-hybridized carbons (Fsp3) is 0. The van der Waals surface area contributed by atoms with Gasteiger partial charge < -0.3 is 4.98 Å². The van der Waals surface area contributed by atoms with E-state index in [4.69, 9.17) is 0 Å². The third-order valence-electron chi connectivity index (χ3n) is 5.13. The molecule has 0 aliphatic rings. The minimum absolute atomic E-state index is 0.797. The molecule has 0 aliphatic carbocycles. The summed E-state index contributed by atoms with van der Waals surface area (Å²) in [4.78, 5) is 21.1. The highest BCUT2D eigenvalue weighted by Crippen LogP contribution is 2.33. The van der Waals surface area contributed by atoms with E-state index >= 15 is 0 Å². The van der Waals surface area contributed by atoms with E-state index in [1.165, 1.54) is 0 Å². The van der Waals surface area contributed by atoms with E-state index in [-0.39, 0.29) is 0 Å². The summed E-state index contributed by atoms with van der Waals surface area (Å²) in [5.41, 5.74) is 7.12. The zero-order valence-electron chi connectivity index (χ0n) is 15.7. The number of aromatic amines is 2. The first kappa shape index (κ1) is 16.6. The van der Waals surface area contributed by atoms with Crippen molar-refractivity contribution in [2.45, 2.75) is 0 Å². The highest BCUT2D eigenvalue weighted by atomic mass is 15.1. The van der Waals surface area contributed by atoms with E-state index in [1.54, 1.807) is 31.0 Å². The van der Waals surface area contributed by atoms with Gasteiger partial charge in [0.25, 0.3) is 0 Å². The Balaban J connectivity index is 1.52. The normalized spacial score (nSPS) is 11.3. The van der Waals surface area contributed by atoms with Gasteiger partial charge in [-0.25, -0.2) is 4.98 Å². The Labute approximate surface area is 170 Å². The highest BCUT2D eigenvalue weighted by molar-refractivity contribution is 5.99. The SMILES string of the molecule is c1ccc(-c2ccnc3[nH]c(-c4n[nH]c5cnc(-c6cccnc6)cc45)cc23)nc1. The molecule has 2 N–H and O–H groups in total. The average Bonchev–Trinajstić information content (AvgIpc) is 3.43. The second kappa shape index (κ2) is 6.59. The molecule has 0 amide bonds. The topological polar surface area (TPSA) is 96.0 Å². The molecule has 0 spiro atoms. The van der Waals surface area contributed by atoms with Crippen molar-refractivity contribution in [2.24, 2.45) is 0 Å². The Morgan fingerprint density at radius 1 is 0.733 bits per heavy atom. The molecule has 0 saturated carbocycles. The second-order valence-electron chi connectivity index (χ2n) is 6.95. The van der Waals surface area contributed by atoms with Gasteiger partial charge in [0.15, 0.2) is 0 Å². The number of nitrogens with one attached hydrogen (secondary N) is 2. The zero-order chi connectivity index (χ0) is 19.9. The Hall–Kier alpha value is -4.39. The van der Waals surface area contributed by atoms with Gasteiger partial charge in [-0.15, -0.1) is 0 Å². The van der Waals surface area contributed by atoms with Crippen LogP contribution < -0.4 is 0 Å². The van der Waals surface area contributed by atoms with Crippen LogP contribution in [0, 0.1) is 0 Å². The molecule has 0 bridgehead atoms. The molecule has 0 radical (unpaired) electrons. The number of H-pyrrole nitrogens is 2. The summed E-state index contributed by atoms with van der Waals surface area (Å²) >= 11 is 0. The molecule has 142 valence electrons. The molecule has 7 heteroatoms. The van der Waals surface area contributed by atoms with Crippen LogP contribution in [0.4, 0.5) is 0 Å². The molecule has 6 aromatic heterocycles. The molecule has 6 heterocycles. The van der Waals surface area contributed by atoms with Gasteiger partial charge in [0.05, 0.1) is 28.8 Å². The van der Waals surface area contributed by atoms with Gasteiger partial charge >= 0.3 is 0 Å². The molecule has 0 aromatic carbocycles. The number of aromatic nitrogens is 7. The molecular formula is C23H15N7. The summed E-state index contributed by atoms with van der Waals surface area (Å²) in [6, 6.07) is 15.9. The Kier molecular flexibility index (Phi) is 3.64. The molecule has 6 rings (SSSR count). The van der Waals surface area contributed by atoms with Gasteiger partial charge in [0.1, 0.15) is 11.3 Å². The number of hydrogen-bond acceptors (Lipinski definition) is 5. The molecule has 30 heavy (non-hydrogen) atoms. The molecule has 0 fully saturated rings. The van der Waals surface area contributed by atoms with Crippen LogP contribution >= 0.6 is 0 Å². The van der Waals surface area contributed by atoms with Crippen LogP contribution in [0.15, 0.2) is 79.5 Å². The van der Waals surface area contributed by atoms with Crippen molar-refractivity contribution < 1.29 is 0 Å². The molecule has 7 nitrogen and oxygen atoms in total. The van der Waals surface area contributed by atoms with Crippen molar-refractivity contribution in [3.8, 4) is 33.9 Å². The number of hydrogen-bond donors (Lipinski definition) is 2. The van der Waals surface area contributed by atoms with E-state index in [0.29, 0.717) is 0 Å². The predicted octanol–water partition coefficient (Wildman–Crippen LogP) is 4.63. The van der Waals surface area contributed by atoms with Gasteiger partial charge in [0.2, 0.25) is 0 Å². The summed E-state index contributed by atoms with van der Waals surface area (Å²) < 4.78 is 0. The van der Waals surface area contributed by atoms with Crippen LogP contribution in [0.2, 0.25) is 0 Å². The van der Waals surface area contributed by atoms with Gasteiger partial charge in [-0.2, -0.15) is 5.10 Å². The van der Waals surface area contributed by atoms with Crippen LogP contribution in [0.3, 0.4) is 0 Å². The van der Waals surface area contributed by atoms with Crippen molar-refractivity contribution >= 4 is 21.9 Å². The second-order valence-corrected chi connectivity index (χ2v) is 6.95. The lowest BCUT2D eigenvalue weighted by Crippen LogP contribution is -1.85. The van der Waals surface area contributed by atoms with Crippen LogP contribution in [0.25, 0.3) is 55.8 Å². The predicted molar refractivity (Wildman–Crippen MR) is 115 cm³/mol. The molecule has 0 unspecified atom stereocenters. The van der Waals surface area contributed by atoms with Gasteiger partial charge in [-0.05, 0) is 42.5 Å². The number of rotatable bonds is 3. The minimum atomic E-state index is 0.797. The Morgan fingerprint density at radius 3 is 2.60 bits per heavy atom. The zero-order valence-corrected chi connectivity index (χ0v) is 15.7. The lowest BCUT2D eigenvalue weighted by atomic mass is 10.1. The van der Waals surface area contributed by atoms with E-state index in [2.05, 4.69) is 41.2 Å². The summed E-state index contributed by atoms with van der Waals surface area (Å²) in [6.07, 6.45) is 8.94. The van der Waals surface area contributed by atoms with Crippen LogP contribution in [0.5, 0.6) is 0 Å². The fourth-order valence-corrected chi connectivity index (χ4v) is 3.69. The monoisotopic (exact) mass is 389 g/mol. The smallest absolute Gasteiger partial charge is 0.138 e. The van der Waals surface area contributed by atoms with Crippen LogP contribution in [0.1, 0.15) is 0 Å². The molecular weight excluding hydrogens is 374 g/mol. The summed E-state index contributed by atoms with van der Waals surface area (Å²) in [5.74, 6) is 0. The van der Waals surface area contributed by atoms with E-state index in [9.17, 15) is 0 Å². The maximum absolute atomic E-state index is 4.54. The van der Waals surface area contributed by atoms with E-state index in [0.717, 1.165) is 55.8 Å². The highest BCUT2D eigenvalue weighted by Gasteiger charge is 2.15. The maximum atomic E-state index is 4.54. The van der Waals surface area contributed by atoms with Crippen molar-refractivity contribution in [1.29, 1.82) is 0 Å². The lowest BCUT2D eigenvalue weighted by Gasteiger charge is -2.01. The number of nitrogens with zero attached hydrogens (tertiary/aromatic N) is 5. The summed E-state index contributed by atoms with van der Waals surface area (Å²) in [6.45, 7) is 0. The first-order chi connectivity index (χ1) is 14.9. The Morgan fingerprint density at radius 2 is 1.73 bits per heavy atom. The molecule has 0 aliphatic heterocycles. The van der Waals surface area contributed by atoms with Gasteiger partial charge in [-0.1, -0.05) is 6.07 Å². The standard InChI is InChI=1S/C23H15N7/c1-2-8-25-18(5-1)15-6-9-26-23-16(15)10-20(28-23)22-17-11-19(14-4-3-7-24-12-14)27-13-21(17)29-30-22/h1-13H,(H,26,28)(H,29,30). The molecule has 6 aromatic rings. The third-order valence-corrected chi connectivity index (χ3v) is 5.13. The first-order valence-corrected chi connectivity index (χ1v) is 9.51. The number of fused-ring (bicyclic) bond motifs is 2. The van der Waals surface area contributed by atoms with Crippen molar-refractivity contribution in [3.63, 3.8) is 0 Å². The Bertz CT molecular complexity index is 1480. The van der Waals surface area contributed by atoms with Crippen LogP contribution in [-0.4, -0.2) is 35.1 Å². The average molecular weight is 389 g/mol. The van der Waals surface area contributed by atoms with Gasteiger partial charge in [-0.3, -0.25) is 20.1 Å². The molecule has 0 atom stereocenters. The van der Waals surface area contributed by atoms with Crippen molar-refractivity contribution in [3.05, 3.63) is 79.5 Å². The fourth-order valence-electron chi connectivity index (χ4n) is 3.69. The number of pyridine rings is 4. The quantitative estimate of drug-likeness (QED) is 0.460. The first-order valence-electron chi connectivity index (χ1n) is 9.51. The maximum Gasteiger partial charge on any atom is 0.138 e. The van der Waals surface area contributed by atoms with Crippen molar-refractivity contribution in [2.75, 3.05) is 0 Å². The third kappa shape index (κ3) is 2.64. The van der Waals surface area contributed by atoms with E-state index in [1.807, 2.05) is 42.5 Å². The van der Waals surface area contributed by atoms with Crippen LogP contribution in [-0.2, 0) is 0 Å². The summed E-state index contributed by atoms with van der Waals surface area (Å²) in [5, 5.41) is 9.60. The van der Waals surface area contributed by atoms with E-state index < -0.39 is 0 Å². The summed E-state index contributed by atoms with van der Waals surface area (Å²) in [7, 11) is 0. The molecule has 0 saturated heterocycles. The lowest BCUT2D eigenvalue weighted by molar-refractivity contribution is 1.11.